The normalized spacial score (nSPS) is 22.7. The molecule has 3 rings (SSSR count). The molecule has 140 valence electrons. The van der Waals surface area contributed by atoms with Gasteiger partial charge in [0.15, 0.2) is 0 Å². The van der Waals surface area contributed by atoms with Gasteiger partial charge in [0.25, 0.3) is 0 Å². The van der Waals surface area contributed by atoms with Gasteiger partial charge in [-0.25, -0.2) is 9.48 Å². The Bertz CT molecular complexity index is 553. The molecule has 0 aromatic carbocycles. The van der Waals surface area contributed by atoms with Crippen molar-refractivity contribution in [1.82, 2.24) is 24.6 Å². The summed E-state index contributed by atoms with van der Waals surface area (Å²) in [5.41, 5.74) is 0.0787. The van der Waals surface area contributed by atoms with Gasteiger partial charge in [0.1, 0.15) is 5.82 Å². The van der Waals surface area contributed by atoms with Gasteiger partial charge in [-0.15, -0.1) is 24.8 Å². The van der Waals surface area contributed by atoms with Crippen molar-refractivity contribution in [3.63, 3.8) is 0 Å². The van der Waals surface area contributed by atoms with Gasteiger partial charge < -0.3 is 10.2 Å². The van der Waals surface area contributed by atoms with Crippen LogP contribution in [0.5, 0.6) is 0 Å². The van der Waals surface area contributed by atoms with Crippen LogP contribution in [0.25, 0.3) is 0 Å². The first-order valence-electron chi connectivity index (χ1n) is 8.79. The van der Waals surface area contributed by atoms with Crippen LogP contribution in [-0.4, -0.2) is 52.0 Å². The zero-order valence-corrected chi connectivity index (χ0v) is 16.4. The van der Waals surface area contributed by atoms with Crippen LogP contribution in [0.4, 0.5) is 0 Å². The van der Waals surface area contributed by atoms with Gasteiger partial charge in [-0.3, -0.25) is 4.57 Å². The zero-order chi connectivity index (χ0) is 15.5. The predicted molar refractivity (Wildman–Crippen MR) is 102 cm³/mol. The van der Waals surface area contributed by atoms with E-state index in [1.54, 1.807) is 4.68 Å². The molecule has 3 heterocycles. The summed E-state index contributed by atoms with van der Waals surface area (Å²) in [7, 11) is 2.17. The fourth-order valence-corrected chi connectivity index (χ4v) is 3.83. The highest BCUT2D eigenvalue weighted by atomic mass is 35.5. The molecule has 0 radical (unpaired) electrons. The van der Waals surface area contributed by atoms with E-state index in [4.69, 9.17) is 5.10 Å². The number of likely N-dealkylation sites (tertiary alicyclic amines) is 1. The van der Waals surface area contributed by atoms with Crippen LogP contribution in [0.1, 0.15) is 50.8 Å². The molecule has 1 aromatic heterocycles. The smallest absolute Gasteiger partial charge is 0.317 e. The van der Waals surface area contributed by atoms with Gasteiger partial charge >= 0.3 is 5.69 Å². The van der Waals surface area contributed by atoms with Gasteiger partial charge in [-0.1, -0.05) is 6.42 Å². The lowest BCUT2D eigenvalue weighted by Crippen LogP contribution is -2.41. The van der Waals surface area contributed by atoms with Crippen LogP contribution in [0.2, 0.25) is 0 Å². The molecule has 2 saturated heterocycles. The fraction of sp³-hybridized carbons (Fsp3) is 0.875. The van der Waals surface area contributed by atoms with E-state index in [-0.39, 0.29) is 30.5 Å². The van der Waals surface area contributed by atoms with Crippen LogP contribution >= 0.6 is 24.8 Å². The standard InChI is InChI=1S/C16H29N5O.2ClH/c1-3-20-15(13-7-9-17-10-8-13)18-21(16(20)22)12-14-6-4-5-11-19(14)2;;/h13-14,17H,3-12H2,1-2H3;2*1H. The lowest BCUT2D eigenvalue weighted by atomic mass is 9.97. The van der Waals surface area contributed by atoms with E-state index in [0.29, 0.717) is 12.0 Å². The third-order valence-corrected chi connectivity index (χ3v) is 5.28. The number of piperidine rings is 2. The van der Waals surface area contributed by atoms with Gasteiger partial charge in [-0.05, 0) is 59.3 Å². The molecule has 1 atom stereocenters. The highest BCUT2D eigenvalue weighted by Crippen LogP contribution is 2.23. The second kappa shape index (κ2) is 9.80. The van der Waals surface area contributed by atoms with Crippen LogP contribution in [0, 0.1) is 0 Å². The number of hydrogen-bond donors (Lipinski definition) is 1. The highest BCUT2D eigenvalue weighted by Gasteiger charge is 2.25. The number of hydrogen-bond acceptors (Lipinski definition) is 4. The summed E-state index contributed by atoms with van der Waals surface area (Å²) in [6.07, 6.45) is 5.87. The van der Waals surface area contributed by atoms with Crippen LogP contribution in [0.3, 0.4) is 0 Å². The van der Waals surface area contributed by atoms with Crippen molar-refractivity contribution in [3.05, 3.63) is 16.3 Å². The van der Waals surface area contributed by atoms with Crippen molar-refractivity contribution < 1.29 is 0 Å². The number of halogens is 2. The molecule has 2 aliphatic rings. The van der Waals surface area contributed by atoms with Gasteiger partial charge in [-0.2, -0.15) is 5.10 Å². The van der Waals surface area contributed by atoms with Crippen LogP contribution in [0.15, 0.2) is 4.79 Å². The maximum atomic E-state index is 12.7. The number of nitrogens with zero attached hydrogens (tertiary/aromatic N) is 4. The molecule has 6 nitrogen and oxygen atoms in total. The average molecular weight is 380 g/mol. The minimum atomic E-state index is 0. The van der Waals surface area contributed by atoms with E-state index < -0.39 is 0 Å². The molecule has 2 fully saturated rings. The van der Waals surface area contributed by atoms with Crippen LogP contribution < -0.4 is 11.0 Å². The molecule has 0 spiro atoms. The lowest BCUT2D eigenvalue weighted by Gasteiger charge is -2.31. The Hall–Kier alpha value is -0.560. The summed E-state index contributed by atoms with van der Waals surface area (Å²) in [5, 5.41) is 8.13. The first kappa shape index (κ1) is 21.5. The van der Waals surface area contributed by atoms with Crippen molar-refractivity contribution in [2.75, 3.05) is 26.7 Å². The summed E-state index contributed by atoms with van der Waals surface area (Å²) in [6, 6.07) is 0.451. The topological polar surface area (TPSA) is 55.1 Å². The third kappa shape index (κ3) is 4.54. The maximum absolute atomic E-state index is 12.7. The first-order valence-corrected chi connectivity index (χ1v) is 8.79. The molecule has 8 heteroatoms. The Labute approximate surface area is 156 Å². The molecule has 0 aliphatic carbocycles. The highest BCUT2D eigenvalue weighted by molar-refractivity contribution is 5.85. The Balaban J connectivity index is 0.00000144. The molecule has 0 amide bonds. The largest absolute Gasteiger partial charge is 0.345 e. The second-order valence-corrected chi connectivity index (χ2v) is 6.72. The summed E-state index contributed by atoms with van der Waals surface area (Å²) >= 11 is 0. The Kier molecular flexibility index (Phi) is 8.77. The molecule has 0 saturated carbocycles. The number of rotatable bonds is 4. The predicted octanol–water partition coefficient (Wildman–Crippen LogP) is 1.86. The molecule has 24 heavy (non-hydrogen) atoms. The van der Waals surface area contributed by atoms with Gasteiger partial charge in [0.2, 0.25) is 0 Å². The van der Waals surface area contributed by atoms with Crippen molar-refractivity contribution in [3.8, 4) is 0 Å². The molecule has 1 aromatic rings. The average Bonchev–Trinajstić information content (AvgIpc) is 2.86. The fourth-order valence-electron chi connectivity index (χ4n) is 3.83. The minimum Gasteiger partial charge on any atom is -0.317 e. The van der Waals surface area contributed by atoms with E-state index in [0.717, 1.165) is 51.4 Å². The Morgan fingerprint density at radius 2 is 1.88 bits per heavy atom. The number of likely N-dealkylation sites (N-methyl/N-ethyl adjacent to an activating group) is 1. The second-order valence-electron chi connectivity index (χ2n) is 6.72. The summed E-state index contributed by atoms with van der Waals surface area (Å²) in [5.74, 6) is 1.44. The van der Waals surface area contributed by atoms with E-state index >= 15 is 0 Å². The quantitative estimate of drug-likeness (QED) is 0.867. The summed E-state index contributed by atoms with van der Waals surface area (Å²) in [4.78, 5) is 15.1. The first-order chi connectivity index (χ1) is 10.7. The molecule has 1 unspecified atom stereocenters. The third-order valence-electron chi connectivity index (χ3n) is 5.28. The van der Waals surface area contributed by atoms with Crippen molar-refractivity contribution in [1.29, 1.82) is 0 Å². The lowest BCUT2D eigenvalue weighted by molar-refractivity contribution is 0.161. The van der Waals surface area contributed by atoms with Gasteiger partial charge in [0, 0.05) is 18.5 Å². The van der Waals surface area contributed by atoms with Crippen LogP contribution in [-0.2, 0) is 13.1 Å². The molecular formula is C16H31Cl2N5O. The van der Waals surface area contributed by atoms with E-state index in [1.807, 2.05) is 11.5 Å². The maximum Gasteiger partial charge on any atom is 0.345 e. The number of aromatic nitrogens is 3. The van der Waals surface area contributed by atoms with E-state index in [1.165, 1.54) is 19.3 Å². The Morgan fingerprint density at radius 3 is 2.50 bits per heavy atom. The van der Waals surface area contributed by atoms with Crippen molar-refractivity contribution in [2.45, 2.75) is 64.1 Å². The SMILES string of the molecule is CCn1c(C2CCNCC2)nn(CC2CCCCN2C)c1=O.Cl.Cl. The molecule has 2 aliphatic heterocycles. The Morgan fingerprint density at radius 1 is 1.17 bits per heavy atom. The zero-order valence-electron chi connectivity index (χ0n) is 14.7. The molecule has 1 N–H and O–H groups in total. The summed E-state index contributed by atoms with van der Waals surface area (Å²) < 4.78 is 3.62. The number of nitrogens with one attached hydrogen (secondary N) is 1. The van der Waals surface area contributed by atoms with Crippen molar-refractivity contribution >= 4 is 24.8 Å². The van der Waals surface area contributed by atoms with Gasteiger partial charge in [0.05, 0.1) is 6.54 Å². The van der Waals surface area contributed by atoms with Crippen molar-refractivity contribution in [2.24, 2.45) is 0 Å². The molecule has 0 bridgehead atoms. The minimum absolute atomic E-state index is 0. The summed E-state index contributed by atoms with van der Waals surface area (Å²) in [6.45, 7) is 6.69. The monoisotopic (exact) mass is 379 g/mol. The van der Waals surface area contributed by atoms with E-state index in [9.17, 15) is 4.79 Å². The van der Waals surface area contributed by atoms with E-state index in [2.05, 4.69) is 17.3 Å². The molecular weight excluding hydrogens is 349 g/mol.